The van der Waals surface area contributed by atoms with E-state index in [1.165, 1.54) is 24.5 Å². The fraction of sp³-hybridized carbons (Fsp3) is 0.182. The zero-order valence-electron chi connectivity index (χ0n) is 10.9. The number of rotatable bonds is 5. The monoisotopic (exact) mass is 345 g/mol. The minimum atomic E-state index is -3.81. The summed E-state index contributed by atoms with van der Waals surface area (Å²) < 4.78 is 27.1. The molecule has 0 spiro atoms. The first-order valence-corrected chi connectivity index (χ1v) is 8.05. The van der Waals surface area contributed by atoms with Crippen molar-refractivity contribution in [2.45, 2.75) is 17.9 Å². The van der Waals surface area contributed by atoms with Crippen LogP contribution in [0.1, 0.15) is 24.4 Å². The third-order valence-corrected chi connectivity index (χ3v) is 4.94. The molecule has 112 valence electrons. The molecular formula is C11H12ClN5O2S2. The Labute approximate surface area is 132 Å². The lowest BCUT2D eigenvalue weighted by Crippen LogP contribution is -2.28. The highest BCUT2D eigenvalue weighted by molar-refractivity contribution is 7.89. The number of thiocarbonyl (C=S) groups is 1. The maximum atomic E-state index is 12.3. The molecule has 10 heteroatoms. The van der Waals surface area contributed by atoms with Gasteiger partial charge in [-0.2, -0.15) is 5.10 Å². The molecule has 0 amide bonds. The number of aromatic nitrogens is 3. The smallest absolute Gasteiger partial charge is 0.242 e. The zero-order chi connectivity index (χ0) is 15.6. The largest absolute Gasteiger partial charge is 0.389 e. The fourth-order valence-corrected chi connectivity index (χ4v) is 3.53. The number of nitrogens with one attached hydrogen (secondary N) is 2. The van der Waals surface area contributed by atoms with E-state index in [0.29, 0.717) is 11.4 Å². The van der Waals surface area contributed by atoms with Crippen LogP contribution in [0.2, 0.25) is 5.02 Å². The molecule has 1 aromatic heterocycles. The van der Waals surface area contributed by atoms with Gasteiger partial charge in [-0.25, -0.2) is 18.1 Å². The van der Waals surface area contributed by atoms with Crippen LogP contribution >= 0.6 is 23.8 Å². The van der Waals surface area contributed by atoms with Crippen LogP contribution < -0.4 is 10.5 Å². The molecule has 0 bridgehead atoms. The highest BCUT2D eigenvalue weighted by Crippen LogP contribution is 2.24. The molecule has 0 fully saturated rings. The van der Waals surface area contributed by atoms with Crippen LogP contribution in [0.15, 0.2) is 29.4 Å². The molecule has 0 aliphatic heterocycles. The van der Waals surface area contributed by atoms with Crippen molar-refractivity contribution in [3.63, 3.8) is 0 Å². The Balaban J connectivity index is 2.29. The van der Waals surface area contributed by atoms with Crippen molar-refractivity contribution in [2.75, 3.05) is 0 Å². The summed E-state index contributed by atoms with van der Waals surface area (Å²) in [6, 6.07) is 3.69. The minimum Gasteiger partial charge on any atom is -0.389 e. The molecule has 0 saturated carbocycles. The first kappa shape index (κ1) is 15.8. The van der Waals surface area contributed by atoms with E-state index in [-0.39, 0.29) is 14.9 Å². The van der Waals surface area contributed by atoms with Gasteiger partial charge in [-0.05, 0) is 19.1 Å². The van der Waals surface area contributed by atoms with E-state index in [0.717, 1.165) is 0 Å². The molecule has 1 heterocycles. The van der Waals surface area contributed by atoms with Gasteiger partial charge >= 0.3 is 0 Å². The quantitative estimate of drug-likeness (QED) is 0.700. The molecule has 0 saturated heterocycles. The molecule has 1 aromatic carbocycles. The molecule has 0 aliphatic rings. The number of nitrogens with two attached hydrogens (primary N) is 1. The van der Waals surface area contributed by atoms with Gasteiger partial charge in [0.05, 0.1) is 11.1 Å². The number of sulfonamides is 1. The van der Waals surface area contributed by atoms with Crippen LogP contribution in [0.5, 0.6) is 0 Å². The Morgan fingerprint density at radius 1 is 1.52 bits per heavy atom. The summed E-state index contributed by atoms with van der Waals surface area (Å²) in [7, 11) is -3.81. The van der Waals surface area contributed by atoms with E-state index >= 15 is 0 Å². The second-order valence-corrected chi connectivity index (χ2v) is 6.75. The van der Waals surface area contributed by atoms with E-state index in [1.54, 1.807) is 6.92 Å². The second kappa shape index (κ2) is 6.06. The predicted octanol–water partition coefficient (Wildman–Crippen LogP) is 1.13. The lowest BCUT2D eigenvalue weighted by Gasteiger charge is -2.13. The fourth-order valence-electron chi connectivity index (χ4n) is 1.65. The van der Waals surface area contributed by atoms with E-state index in [9.17, 15) is 8.42 Å². The van der Waals surface area contributed by atoms with Crippen LogP contribution in [-0.2, 0) is 10.0 Å². The molecular weight excluding hydrogens is 334 g/mol. The van der Waals surface area contributed by atoms with Crippen molar-refractivity contribution >= 4 is 38.8 Å². The Bertz CT molecular complexity index is 761. The zero-order valence-corrected chi connectivity index (χ0v) is 13.3. The molecule has 2 rings (SSSR count). The van der Waals surface area contributed by atoms with Crippen LogP contribution in [0.25, 0.3) is 0 Å². The number of H-pyrrole nitrogens is 1. The van der Waals surface area contributed by atoms with Crippen LogP contribution in [0, 0.1) is 0 Å². The highest BCUT2D eigenvalue weighted by Gasteiger charge is 2.22. The molecule has 0 radical (unpaired) electrons. The Kier molecular flexibility index (Phi) is 4.57. The van der Waals surface area contributed by atoms with Crippen molar-refractivity contribution in [1.29, 1.82) is 0 Å². The molecule has 4 N–H and O–H groups in total. The Hall–Kier alpha value is -1.55. The number of aromatic amines is 1. The van der Waals surface area contributed by atoms with Crippen LogP contribution in [-0.4, -0.2) is 28.6 Å². The van der Waals surface area contributed by atoms with Crippen molar-refractivity contribution in [2.24, 2.45) is 5.73 Å². The topological polar surface area (TPSA) is 114 Å². The van der Waals surface area contributed by atoms with Gasteiger partial charge in [0.15, 0.2) is 0 Å². The summed E-state index contributed by atoms with van der Waals surface area (Å²) in [6.07, 6.45) is 1.30. The maximum absolute atomic E-state index is 12.3. The van der Waals surface area contributed by atoms with E-state index in [4.69, 9.17) is 29.6 Å². The van der Waals surface area contributed by atoms with Gasteiger partial charge in [0.25, 0.3) is 0 Å². The average molecular weight is 346 g/mol. The third kappa shape index (κ3) is 3.56. The molecule has 1 unspecified atom stereocenters. The number of nitrogens with zero attached hydrogens (tertiary/aromatic N) is 2. The van der Waals surface area contributed by atoms with Gasteiger partial charge in [0.1, 0.15) is 22.0 Å². The first-order chi connectivity index (χ1) is 9.81. The maximum Gasteiger partial charge on any atom is 0.242 e. The number of halogens is 1. The van der Waals surface area contributed by atoms with Gasteiger partial charge in [-0.1, -0.05) is 29.9 Å². The normalized spacial score (nSPS) is 13.0. The third-order valence-electron chi connectivity index (χ3n) is 2.68. The van der Waals surface area contributed by atoms with Crippen molar-refractivity contribution < 1.29 is 8.42 Å². The van der Waals surface area contributed by atoms with Gasteiger partial charge in [-0.3, -0.25) is 5.10 Å². The lowest BCUT2D eigenvalue weighted by atomic mass is 10.2. The predicted molar refractivity (Wildman–Crippen MR) is 82.5 cm³/mol. The minimum absolute atomic E-state index is 0.0394. The van der Waals surface area contributed by atoms with Gasteiger partial charge in [-0.15, -0.1) is 0 Å². The van der Waals surface area contributed by atoms with Crippen molar-refractivity contribution in [3.8, 4) is 0 Å². The molecule has 2 aromatic rings. The molecule has 0 aliphatic carbocycles. The lowest BCUT2D eigenvalue weighted by molar-refractivity contribution is 0.560. The summed E-state index contributed by atoms with van der Waals surface area (Å²) >= 11 is 10.8. The van der Waals surface area contributed by atoms with Gasteiger partial charge < -0.3 is 5.73 Å². The highest BCUT2D eigenvalue weighted by atomic mass is 35.5. The summed E-state index contributed by atoms with van der Waals surface area (Å²) in [4.78, 5) is 3.98. The average Bonchev–Trinajstić information content (AvgIpc) is 2.91. The van der Waals surface area contributed by atoms with E-state index in [2.05, 4.69) is 19.9 Å². The first-order valence-electron chi connectivity index (χ1n) is 5.78. The Morgan fingerprint density at radius 3 is 2.76 bits per heavy atom. The summed E-state index contributed by atoms with van der Waals surface area (Å²) in [5.74, 6) is 0.398. The summed E-state index contributed by atoms with van der Waals surface area (Å²) in [6.45, 7) is 1.63. The molecule has 7 nitrogen and oxygen atoms in total. The van der Waals surface area contributed by atoms with Crippen molar-refractivity contribution in [1.82, 2.24) is 19.9 Å². The van der Waals surface area contributed by atoms with Crippen LogP contribution in [0.3, 0.4) is 0 Å². The van der Waals surface area contributed by atoms with Gasteiger partial charge in [0, 0.05) is 5.56 Å². The van der Waals surface area contributed by atoms with E-state index in [1.807, 2.05) is 0 Å². The Morgan fingerprint density at radius 2 is 2.24 bits per heavy atom. The SMILES string of the molecule is CC(NS(=O)(=O)c1ccc(C(N)=S)cc1Cl)c1ncn[nH]1. The summed E-state index contributed by atoms with van der Waals surface area (Å²) in [5.41, 5.74) is 5.97. The number of hydrogen-bond donors (Lipinski definition) is 3. The number of benzene rings is 1. The standard InChI is InChI=1S/C11H12ClN5O2S2/c1-6(11-14-5-15-16-11)17-21(18,19)9-3-2-7(10(13)20)4-8(9)12/h2-6,17H,1H3,(H2,13,20)(H,14,15,16). The molecule has 1 atom stereocenters. The molecule has 21 heavy (non-hydrogen) atoms. The van der Waals surface area contributed by atoms with Gasteiger partial charge in [0.2, 0.25) is 10.0 Å². The summed E-state index contributed by atoms with van der Waals surface area (Å²) in [5, 5.41) is 6.30. The van der Waals surface area contributed by atoms with Crippen LogP contribution in [0.4, 0.5) is 0 Å². The van der Waals surface area contributed by atoms with Crippen molar-refractivity contribution in [3.05, 3.63) is 40.9 Å². The number of hydrogen-bond acceptors (Lipinski definition) is 5. The van der Waals surface area contributed by atoms with E-state index < -0.39 is 16.1 Å². The second-order valence-electron chi connectivity index (χ2n) is 4.22.